The van der Waals surface area contributed by atoms with Gasteiger partial charge in [-0.05, 0) is 79.2 Å². The molecule has 3 atom stereocenters. The summed E-state index contributed by atoms with van der Waals surface area (Å²) < 4.78 is 4.90. The number of halogens is 2. The van der Waals surface area contributed by atoms with E-state index in [1.807, 2.05) is 17.0 Å². The molecule has 2 aliphatic rings. The molecule has 8 heteroatoms. The molecule has 6 nitrogen and oxygen atoms in total. The van der Waals surface area contributed by atoms with E-state index in [1.54, 1.807) is 24.3 Å². The van der Waals surface area contributed by atoms with Crippen molar-refractivity contribution in [1.29, 1.82) is 0 Å². The van der Waals surface area contributed by atoms with Gasteiger partial charge in [0.25, 0.3) is 5.91 Å². The number of aliphatic imine (C=N–C) groups is 1. The number of nitrogens with zero attached hydrogens (tertiary/aromatic N) is 2. The summed E-state index contributed by atoms with van der Waals surface area (Å²) in [7, 11) is 1.36. The minimum atomic E-state index is -0.727. The Balaban J connectivity index is 1.87. The molecule has 1 fully saturated rings. The number of ether oxygens (including phenoxy) is 1. The van der Waals surface area contributed by atoms with Crippen molar-refractivity contribution in [2.45, 2.75) is 85.0 Å². The van der Waals surface area contributed by atoms with Gasteiger partial charge in [0.15, 0.2) is 0 Å². The van der Waals surface area contributed by atoms with E-state index < -0.39 is 11.6 Å². The summed E-state index contributed by atoms with van der Waals surface area (Å²) in [5, 5.41) is 10.5. The minimum Gasteiger partial charge on any atom is -0.465 e. The number of rotatable bonds is 7. The molecule has 1 N–H and O–H groups in total. The third kappa shape index (κ3) is 6.09. The summed E-state index contributed by atoms with van der Waals surface area (Å²) >= 11 is 13.0. The first kappa shape index (κ1) is 30.5. The van der Waals surface area contributed by atoms with Gasteiger partial charge in [-0.15, -0.1) is 0 Å². The maximum absolute atomic E-state index is 14.6. The van der Waals surface area contributed by atoms with Crippen LogP contribution < -0.4 is 0 Å². The SMILES string of the molecule is COC(=O)c1ccc(C(CCC(C)(C)C)N2C(=O)C(c3ccc(Cl)c(CO)c3Cl)=NC23CC(C)CC(C)C3)cc1. The predicted octanol–water partition coefficient (Wildman–Crippen LogP) is 7.62. The monoisotopic (exact) mass is 586 g/mol. The quantitative estimate of drug-likeness (QED) is 0.338. The van der Waals surface area contributed by atoms with Crippen LogP contribution in [0.2, 0.25) is 10.0 Å². The summed E-state index contributed by atoms with van der Waals surface area (Å²) in [4.78, 5) is 33.9. The van der Waals surface area contributed by atoms with Gasteiger partial charge >= 0.3 is 5.97 Å². The van der Waals surface area contributed by atoms with Crippen molar-refractivity contribution in [3.05, 3.63) is 68.7 Å². The number of amides is 1. The summed E-state index contributed by atoms with van der Waals surface area (Å²) in [6, 6.07) is 10.5. The number of aliphatic hydroxyl groups is 1. The van der Waals surface area contributed by atoms with Crippen LogP contribution in [0.25, 0.3) is 0 Å². The molecule has 3 unspecified atom stereocenters. The lowest BCUT2D eigenvalue weighted by Gasteiger charge is -2.47. The third-order valence-corrected chi connectivity index (χ3v) is 8.93. The lowest BCUT2D eigenvalue weighted by Crippen LogP contribution is -2.52. The number of aliphatic hydroxyl groups excluding tert-OH is 1. The second-order valence-electron chi connectivity index (χ2n) is 12.7. The Morgan fingerprint density at radius 3 is 2.30 bits per heavy atom. The van der Waals surface area contributed by atoms with E-state index in [0.29, 0.717) is 39.3 Å². The zero-order valence-electron chi connectivity index (χ0n) is 24.3. The maximum atomic E-state index is 14.6. The standard InChI is InChI=1S/C32H40Cl2N2O4/c1-19-15-20(2)17-32(16-19)35-28(23-11-12-25(33)24(18-37)27(23)34)29(38)36(32)26(13-14-31(3,4)5)21-7-9-22(10-8-21)30(39)40-6/h7-12,19-20,26,37H,13-18H2,1-6H3. The molecule has 216 valence electrons. The average molecular weight is 588 g/mol. The Bertz CT molecular complexity index is 1290. The topological polar surface area (TPSA) is 79.2 Å². The number of hydrogen-bond acceptors (Lipinski definition) is 5. The molecular formula is C32H40Cl2N2O4. The van der Waals surface area contributed by atoms with Crippen LogP contribution in [0.1, 0.15) is 99.8 Å². The first-order valence-electron chi connectivity index (χ1n) is 14.0. The van der Waals surface area contributed by atoms with E-state index in [1.165, 1.54) is 7.11 Å². The van der Waals surface area contributed by atoms with Crippen molar-refractivity contribution < 1.29 is 19.4 Å². The van der Waals surface area contributed by atoms with E-state index in [4.69, 9.17) is 32.9 Å². The van der Waals surface area contributed by atoms with Crippen molar-refractivity contribution in [2.24, 2.45) is 22.2 Å². The molecule has 0 radical (unpaired) electrons. The lowest BCUT2D eigenvalue weighted by atomic mass is 9.75. The van der Waals surface area contributed by atoms with E-state index in [2.05, 4.69) is 34.6 Å². The van der Waals surface area contributed by atoms with Crippen molar-refractivity contribution in [2.75, 3.05) is 7.11 Å². The predicted molar refractivity (Wildman–Crippen MR) is 160 cm³/mol. The Morgan fingerprint density at radius 1 is 1.12 bits per heavy atom. The average Bonchev–Trinajstić information content (AvgIpc) is 3.13. The molecule has 2 aromatic carbocycles. The molecule has 4 rings (SSSR count). The highest BCUT2D eigenvalue weighted by atomic mass is 35.5. The van der Waals surface area contributed by atoms with Gasteiger partial charge in [0.05, 0.1) is 30.3 Å². The fourth-order valence-electron chi connectivity index (χ4n) is 6.46. The summed E-state index contributed by atoms with van der Waals surface area (Å²) in [6.45, 7) is 10.7. The molecule has 1 heterocycles. The second-order valence-corrected chi connectivity index (χ2v) is 13.5. The van der Waals surface area contributed by atoms with Crippen LogP contribution in [0, 0.1) is 17.3 Å². The molecule has 1 saturated carbocycles. The third-order valence-electron chi connectivity index (χ3n) is 8.14. The van der Waals surface area contributed by atoms with E-state index in [0.717, 1.165) is 37.7 Å². The van der Waals surface area contributed by atoms with Crippen molar-refractivity contribution in [3.63, 3.8) is 0 Å². The minimum absolute atomic E-state index is 0.0481. The number of hydrogen-bond donors (Lipinski definition) is 1. The second kappa shape index (κ2) is 11.8. The molecule has 1 aliphatic carbocycles. The van der Waals surface area contributed by atoms with Gasteiger partial charge in [-0.25, -0.2) is 4.79 Å². The highest BCUT2D eigenvalue weighted by molar-refractivity contribution is 6.50. The highest BCUT2D eigenvalue weighted by Gasteiger charge is 2.53. The maximum Gasteiger partial charge on any atom is 0.337 e. The molecular weight excluding hydrogens is 547 g/mol. The van der Waals surface area contributed by atoms with Crippen LogP contribution in [-0.2, 0) is 16.1 Å². The fraction of sp³-hybridized carbons (Fsp3) is 0.531. The Labute approximate surface area is 247 Å². The lowest BCUT2D eigenvalue weighted by molar-refractivity contribution is -0.134. The highest BCUT2D eigenvalue weighted by Crippen LogP contribution is 2.49. The Hall–Kier alpha value is -2.41. The van der Waals surface area contributed by atoms with Gasteiger partial charge in [-0.3, -0.25) is 9.79 Å². The van der Waals surface area contributed by atoms with Crippen LogP contribution in [0.15, 0.2) is 41.4 Å². The van der Waals surface area contributed by atoms with Crippen LogP contribution in [-0.4, -0.2) is 40.4 Å². The first-order chi connectivity index (χ1) is 18.8. The smallest absolute Gasteiger partial charge is 0.337 e. The summed E-state index contributed by atoms with van der Waals surface area (Å²) in [5.41, 5.74) is 1.92. The number of carbonyl (C=O) groups is 2. The molecule has 1 amide bonds. The normalized spacial score (nSPS) is 23.9. The van der Waals surface area contributed by atoms with Crippen LogP contribution in [0.3, 0.4) is 0 Å². The van der Waals surface area contributed by atoms with E-state index in [-0.39, 0.29) is 29.0 Å². The van der Waals surface area contributed by atoms with Crippen molar-refractivity contribution in [1.82, 2.24) is 4.90 Å². The van der Waals surface area contributed by atoms with Crippen LogP contribution in [0.5, 0.6) is 0 Å². The van der Waals surface area contributed by atoms with Gasteiger partial charge in [0.1, 0.15) is 11.4 Å². The van der Waals surface area contributed by atoms with Gasteiger partial charge in [-0.1, -0.05) is 70.0 Å². The molecule has 2 aromatic rings. The van der Waals surface area contributed by atoms with E-state index in [9.17, 15) is 14.7 Å². The number of methoxy groups -OCH3 is 1. The molecule has 0 saturated heterocycles. The van der Waals surface area contributed by atoms with Gasteiger partial charge in [0.2, 0.25) is 0 Å². The molecule has 0 bridgehead atoms. The van der Waals surface area contributed by atoms with Crippen LogP contribution in [0.4, 0.5) is 0 Å². The Morgan fingerprint density at radius 2 is 1.75 bits per heavy atom. The Kier molecular flexibility index (Phi) is 9.03. The zero-order chi connectivity index (χ0) is 29.4. The molecule has 0 aromatic heterocycles. The summed E-state index contributed by atoms with van der Waals surface area (Å²) in [5.74, 6) is 0.177. The molecule has 40 heavy (non-hydrogen) atoms. The van der Waals surface area contributed by atoms with Crippen LogP contribution >= 0.6 is 23.2 Å². The number of benzene rings is 2. The number of carbonyl (C=O) groups excluding carboxylic acids is 2. The summed E-state index contributed by atoms with van der Waals surface area (Å²) in [6.07, 6.45) is 4.18. The zero-order valence-corrected chi connectivity index (χ0v) is 25.8. The molecule has 1 aliphatic heterocycles. The van der Waals surface area contributed by atoms with Crippen molar-refractivity contribution in [3.8, 4) is 0 Å². The molecule has 1 spiro atoms. The first-order valence-corrected chi connectivity index (χ1v) is 14.8. The van der Waals surface area contributed by atoms with Gasteiger partial charge < -0.3 is 14.7 Å². The van der Waals surface area contributed by atoms with Gasteiger partial charge in [0, 0.05) is 16.1 Å². The largest absolute Gasteiger partial charge is 0.465 e. The number of esters is 1. The van der Waals surface area contributed by atoms with Gasteiger partial charge in [-0.2, -0.15) is 0 Å². The van der Waals surface area contributed by atoms with E-state index >= 15 is 0 Å². The van der Waals surface area contributed by atoms with Crippen molar-refractivity contribution >= 4 is 40.8 Å². The fourth-order valence-corrected chi connectivity index (χ4v) is 7.04.